The molecule has 2 aromatic rings. The van der Waals surface area contributed by atoms with Gasteiger partial charge in [0, 0.05) is 25.7 Å². The van der Waals surface area contributed by atoms with Crippen molar-refractivity contribution in [1.82, 2.24) is 9.80 Å². The smallest absolute Gasteiger partial charge is 0.0991 e. The average molecular weight is 350 g/mol. The fourth-order valence-corrected chi connectivity index (χ4v) is 3.10. The van der Waals surface area contributed by atoms with Crippen molar-refractivity contribution < 1.29 is 0 Å². The summed E-state index contributed by atoms with van der Waals surface area (Å²) in [6.45, 7) is 14.4. The molecule has 138 valence electrons. The van der Waals surface area contributed by atoms with E-state index in [-0.39, 0.29) is 0 Å². The largest absolute Gasteiger partial charge is 0.303 e. The van der Waals surface area contributed by atoms with E-state index in [4.69, 9.17) is 5.26 Å². The number of hydrogen-bond acceptors (Lipinski definition) is 3. The fraction of sp³-hybridized carbons (Fsp3) is 0.435. The van der Waals surface area contributed by atoms with Crippen LogP contribution in [0.3, 0.4) is 0 Å². The molecule has 0 aliphatic rings. The molecule has 2 rings (SSSR count). The van der Waals surface area contributed by atoms with E-state index in [1.165, 1.54) is 11.1 Å². The van der Waals surface area contributed by atoms with E-state index in [1.807, 2.05) is 24.3 Å². The molecule has 2 aromatic carbocycles. The third kappa shape index (κ3) is 5.69. The first-order valence-electron chi connectivity index (χ1n) is 9.63. The van der Waals surface area contributed by atoms with Crippen LogP contribution in [-0.2, 0) is 6.54 Å². The van der Waals surface area contributed by atoms with Crippen LogP contribution in [0.25, 0.3) is 11.1 Å². The van der Waals surface area contributed by atoms with Gasteiger partial charge < -0.3 is 4.90 Å². The summed E-state index contributed by atoms with van der Waals surface area (Å²) < 4.78 is 0. The Morgan fingerprint density at radius 3 is 1.85 bits per heavy atom. The van der Waals surface area contributed by atoms with Crippen LogP contribution < -0.4 is 0 Å². The highest BCUT2D eigenvalue weighted by molar-refractivity contribution is 5.64. The van der Waals surface area contributed by atoms with Gasteiger partial charge in [-0.25, -0.2) is 0 Å². The van der Waals surface area contributed by atoms with Crippen molar-refractivity contribution in [2.75, 3.05) is 26.2 Å². The van der Waals surface area contributed by atoms with Gasteiger partial charge in [0.1, 0.15) is 0 Å². The van der Waals surface area contributed by atoms with Crippen molar-refractivity contribution in [2.45, 2.75) is 40.3 Å². The molecule has 3 heteroatoms. The summed E-state index contributed by atoms with van der Waals surface area (Å²) in [5.74, 6) is 0. The molecule has 0 aliphatic carbocycles. The topological polar surface area (TPSA) is 30.3 Å². The summed E-state index contributed by atoms with van der Waals surface area (Å²) in [6, 6.07) is 19.3. The molecule has 26 heavy (non-hydrogen) atoms. The molecule has 0 unspecified atom stereocenters. The molecule has 0 aliphatic heterocycles. The number of rotatable bonds is 9. The first kappa shape index (κ1) is 20.2. The van der Waals surface area contributed by atoms with Gasteiger partial charge in [0.25, 0.3) is 0 Å². The molecular formula is C23H31N3. The molecule has 0 saturated heterocycles. The van der Waals surface area contributed by atoms with Crippen LogP contribution in [0.5, 0.6) is 0 Å². The van der Waals surface area contributed by atoms with Gasteiger partial charge in [-0.1, -0.05) is 50.2 Å². The quantitative estimate of drug-likeness (QED) is 0.653. The lowest BCUT2D eigenvalue weighted by molar-refractivity contribution is 0.175. The molecule has 0 N–H and O–H groups in total. The van der Waals surface area contributed by atoms with Crippen LogP contribution in [-0.4, -0.2) is 42.0 Å². The lowest BCUT2D eigenvalue weighted by Crippen LogP contribution is -2.38. The molecule has 0 amide bonds. The maximum atomic E-state index is 8.92. The Morgan fingerprint density at radius 1 is 0.846 bits per heavy atom. The number of nitriles is 1. The lowest BCUT2D eigenvalue weighted by atomic mass is 10.0. The molecule has 0 fully saturated rings. The fourth-order valence-electron chi connectivity index (χ4n) is 3.10. The minimum absolute atomic E-state index is 0.531. The molecule has 0 radical (unpaired) electrons. The third-order valence-electron chi connectivity index (χ3n) is 5.02. The monoisotopic (exact) mass is 349 g/mol. The van der Waals surface area contributed by atoms with Crippen LogP contribution in [0.2, 0.25) is 0 Å². The van der Waals surface area contributed by atoms with E-state index in [9.17, 15) is 0 Å². The average Bonchev–Trinajstić information content (AvgIpc) is 2.68. The number of benzene rings is 2. The SMILES string of the molecule is CCN(CC)CCN(Cc1ccc(-c2ccc(C#N)cc2)cc1)C(C)C. The summed E-state index contributed by atoms with van der Waals surface area (Å²) in [7, 11) is 0. The molecule has 0 spiro atoms. The van der Waals surface area contributed by atoms with Crippen molar-refractivity contribution in [1.29, 1.82) is 5.26 Å². The van der Waals surface area contributed by atoms with Crippen LogP contribution in [0.15, 0.2) is 48.5 Å². The first-order valence-corrected chi connectivity index (χ1v) is 9.63. The summed E-state index contributed by atoms with van der Waals surface area (Å²) in [6.07, 6.45) is 0. The second kappa shape index (κ2) is 10.1. The van der Waals surface area contributed by atoms with Crippen LogP contribution in [0.4, 0.5) is 0 Å². The highest BCUT2D eigenvalue weighted by Crippen LogP contribution is 2.21. The summed E-state index contributed by atoms with van der Waals surface area (Å²) in [4.78, 5) is 5.01. The Balaban J connectivity index is 2.02. The Bertz CT molecular complexity index is 692. The van der Waals surface area contributed by atoms with Crippen molar-refractivity contribution in [3.8, 4) is 17.2 Å². The molecule has 0 bridgehead atoms. The Labute approximate surface area is 158 Å². The van der Waals surface area contributed by atoms with E-state index < -0.39 is 0 Å². The number of hydrogen-bond donors (Lipinski definition) is 0. The van der Waals surface area contributed by atoms with Crippen molar-refractivity contribution in [3.63, 3.8) is 0 Å². The molecule has 0 atom stereocenters. The molecule has 0 saturated carbocycles. The normalized spacial score (nSPS) is 11.3. The zero-order chi connectivity index (χ0) is 18.9. The highest BCUT2D eigenvalue weighted by atomic mass is 15.2. The van der Waals surface area contributed by atoms with Gasteiger partial charge in [0.2, 0.25) is 0 Å². The van der Waals surface area contributed by atoms with Gasteiger partial charge >= 0.3 is 0 Å². The lowest BCUT2D eigenvalue weighted by Gasteiger charge is -2.29. The maximum Gasteiger partial charge on any atom is 0.0991 e. The predicted molar refractivity (Wildman–Crippen MR) is 110 cm³/mol. The standard InChI is InChI=1S/C23H31N3/c1-5-25(6-2)15-16-26(19(3)4)18-21-9-13-23(14-10-21)22-11-7-20(17-24)8-12-22/h7-14,19H,5-6,15-16,18H2,1-4H3. The Morgan fingerprint density at radius 2 is 1.38 bits per heavy atom. The Kier molecular flexibility index (Phi) is 7.84. The predicted octanol–water partition coefficient (Wildman–Crippen LogP) is 4.78. The Hall–Kier alpha value is -2.15. The first-order chi connectivity index (χ1) is 12.6. The third-order valence-corrected chi connectivity index (χ3v) is 5.02. The zero-order valence-electron chi connectivity index (χ0n) is 16.6. The summed E-state index contributed by atoms with van der Waals surface area (Å²) in [5, 5.41) is 8.92. The van der Waals surface area contributed by atoms with Crippen LogP contribution in [0, 0.1) is 11.3 Å². The van der Waals surface area contributed by atoms with Gasteiger partial charge in [-0.2, -0.15) is 5.26 Å². The van der Waals surface area contributed by atoms with E-state index in [0.717, 1.165) is 38.3 Å². The highest BCUT2D eigenvalue weighted by Gasteiger charge is 2.11. The van der Waals surface area contributed by atoms with Crippen molar-refractivity contribution in [3.05, 3.63) is 59.7 Å². The van der Waals surface area contributed by atoms with Gasteiger partial charge in [0.15, 0.2) is 0 Å². The van der Waals surface area contributed by atoms with Crippen molar-refractivity contribution in [2.24, 2.45) is 0 Å². The second-order valence-electron chi connectivity index (χ2n) is 6.98. The maximum absolute atomic E-state index is 8.92. The van der Waals surface area contributed by atoms with Crippen LogP contribution >= 0.6 is 0 Å². The second-order valence-corrected chi connectivity index (χ2v) is 6.98. The number of likely N-dealkylation sites (N-methyl/N-ethyl adjacent to an activating group) is 1. The van der Waals surface area contributed by atoms with Gasteiger partial charge in [-0.15, -0.1) is 0 Å². The van der Waals surface area contributed by atoms with Gasteiger partial charge in [-0.3, -0.25) is 4.90 Å². The summed E-state index contributed by atoms with van der Waals surface area (Å²) >= 11 is 0. The minimum Gasteiger partial charge on any atom is -0.303 e. The molecular weight excluding hydrogens is 318 g/mol. The molecule has 3 nitrogen and oxygen atoms in total. The van der Waals surface area contributed by atoms with Crippen LogP contribution in [0.1, 0.15) is 38.8 Å². The van der Waals surface area contributed by atoms with Gasteiger partial charge in [-0.05, 0) is 55.8 Å². The van der Waals surface area contributed by atoms with E-state index in [1.54, 1.807) is 0 Å². The minimum atomic E-state index is 0.531. The summed E-state index contributed by atoms with van der Waals surface area (Å²) in [5.41, 5.74) is 4.39. The van der Waals surface area contributed by atoms with Gasteiger partial charge in [0.05, 0.1) is 11.6 Å². The zero-order valence-corrected chi connectivity index (χ0v) is 16.6. The molecule has 0 heterocycles. The molecule has 0 aromatic heterocycles. The van der Waals surface area contributed by atoms with Crippen molar-refractivity contribution >= 4 is 0 Å². The van der Waals surface area contributed by atoms with E-state index in [0.29, 0.717) is 11.6 Å². The van der Waals surface area contributed by atoms with E-state index >= 15 is 0 Å². The van der Waals surface area contributed by atoms with E-state index in [2.05, 4.69) is 67.8 Å². The number of nitrogens with zero attached hydrogens (tertiary/aromatic N) is 3.